The first kappa shape index (κ1) is 21.6. The molecule has 0 aliphatic carbocycles. The van der Waals surface area contributed by atoms with Gasteiger partial charge in [-0.3, -0.25) is 13.9 Å². The van der Waals surface area contributed by atoms with Crippen LogP contribution in [0.3, 0.4) is 0 Å². The van der Waals surface area contributed by atoms with E-state index in [0.29, 0.717) is 35.4 Å². The molecule has 4 rings (SSSR count). The Bertz CT molecular complexity index is 1250. The van der Waals surface area contributed by atoms with E-state index in [0.717, 1.165) is 16.7 Å². The van der Waals surface area contributed by atoms with Crippen LogP contribution in [-0.4, -0.2) is 43.1 Å². The van der Waals surface area contributed by atoms with Crippen LogP contribution in [0.1, 0.15) is 34.8 Å². The van der Waals surface area contributed by atoms with Crippen molar-refractivity contribution in [3.63, 3.8) is 0 Å². The van der Waals surface area contributed by atoms with E-state index in [-0.39, 0.29) is 12.3 Å². The van der Waals surface area contributed by atoms with Crippen molar-refractivity contribution in [1.29, 1.82) is 0 Å². The molecule has 0 radical (unpaired) electrons. The number of nitrogens with one attached hydrogen (secondary N) is 1. The van der Waals surface area contributed by atoms with Crippen LogP contribution in [0.2, 0.25) is 0 Å². The molecular weight excluding hydrogens is 414 g/mol. The minimum atomic E-state index is -0.945. The van der Waals surface area contributed by atoms with Crippen LogP contribution in [0, 0.1) is 0 Å². The predicted molar refractivity (Wildman–Crippen MR) is 118 cm³/mol. The molecule has 0 fully saturated rings. The molecule has 32 heavy (non-hydrogen) atoms. The van der Waals surface area contributed by atoms with E-state index in [2.05, 4.69) is 20.5 Å². The van der Waals surface area contributed by atoms with E-state index in [1.807, 2.05) is 18.2 Å². The number of aromatic nitrogens is 5. The number of fused-ring (bicyclic) bond motifs is 1. The number of rotatable bonds is 8. The Hall–Kier alpha value is -3.62. The molecule has 0 saturated carbocycles. The van der Waals surface area contributed by atoms with E-state index in [1.165, 1.54) is 17.6 Å². The summed E-state index contributed by atoms with van der Waals surface area (Å²) in [5.74, 6) is -0.369. The van der Waals surface area contributed by atoms with Crippen LogP contribution >= 0.6 is 0 Å². The average Bonchev–Trinajstić information content (AvgIpc) is 3.36. The Morgan fingerprint density at radius 3 is 2.91 bits per heavy atom. The third-order valence-electron chi connectivity index (χ3n) is 5.22. The smallest absolute Gasteiger partial charge is 0.261 e. The molecular formula is C23H24F2N6O. The molecule has 9 heteroatoms. The lowest BCUT2D eigenvalue weighted by atomic mass is 9.95. The number of benzene rings is 1. The molecule has 1 N–H and O–H groups in total. The fourth-order valence-electron chi connectivity index (χ4n) is 3.64. The van der Waals surface area contributed by atoms with Gasteiger partial charge in [0.1, 0.15) is 11.3 Å². The Morgan fingerprint density at radius 2 is 2.12 bits per heavy atom. The van der Waals surface area contributed by atoms with Gasteiger partial charge in [0.25, 0.3) is 5.91 Å². The fourth-order valence-corrected chi connectivity index (χ4v) is 3.64. The summed E-state index contributed by atoms with van der Waals surface area (Å²) in [6.45, 7) is 1.04. The molecule has 0 aliphatic rings. The first-order valence-corrected chi connectivity index (χ1v) is 10.4. The Morgan fingerprint density at radius 1 is 1.28 bits per heavy atom. The fraction of sp³-hybridized carbons (Fsp3) is 0.304. The molecule has 0 spiro atoms. The normalized spacial score (nSPS) is 12.2. The molecule has 1 aromatic carbocycles. The summed E-state index contributed by atoms with van der Waals surface area (Å²) in [7, 11) is 1.75. The Balaban J connectivity index is 1.71. The lowest BCUT2D eigenvalue weighted by Crippen LogP contribution is -2.12. The summed E-state index contributed by atoms with van der Waals surface area (Å²) < 4.78 is 29.6. The van der Waals surface area contributed by atoms with Gasteiger partial charge in [0, 0.05) is 37.6 Å². The predicted octanol–water partition coefficient (Wildman–Crippen LogP) is 4.18. The number of nitrogens with zero attached hydrogens (tertiary/aromatic N) is 5. The SMILES string of the molecule is CC(F)CCc1ccc(CCF)cc1-c1nn(C)cc1NC(=O)c1cnn2cccnc12. The van der Waals surface area contributed by atoms with Gasteiger partial charge in [0.2, 0.25) is 0 Å². The summed E-state index contributed by atoms with van der Waals surface area (Å²) in [5.41, 5.74) is 4.28. The number of amides is 1. The maximum absolute atomic E-state index is 13.5. The van der Waals surface area contributed by atoms with E-state index in [9.17, 15) is 13.6 Å². The van der Waals surface area contributed by atoms with Gasteiger partial charge < -0.3 is 5.32 Å². The van der Waals surface area contributed by atoms with Crippen LogP contribution < -0.4 is 5.32 Å². The molecule has 4 aromatic rings. The van der Waals surface area contributed by atoms with Crippen molar-refractivity contribution in [2.24, 2.45) is 7.05 Å². The Kier molecular flexibility index (Phi) is 6.25. The minimum Gasteiger partial charge on any atom is -0.319 e. The van der Waals surface area contributed by atoms with Gasteiger partial charge in [-0.2, -0.15) is 10.2 Å². The molecule has 1 atom stereocenters. The highest BCUT2D eigenvalue weighted by Crippen LogP contribution is 2.32. The van der Waals surface area contributed by atoms with Gasteiger partial charge in [0.05, 0.1) is 24.7 Å². The molecule has 0 saturated heterocycles. The monoisotopic (exact) mass is 438 g/mol. The molecule has 1 unspecified atom stereocenters. The van der Waals surface area contributed by atoms with Crippen molar-refractivity contribution in [3.05, 3.63) is 65.7 Å². The lowest BCUT2D eigenvalue weighted by Gasteiger charge is -2.12. The van der Waals surface area contributed by atoms with Crippen molar-refractivity contribution >= 4 is 17.2 Å². The first-order chi connectivity index (χ1) is 15.5. The van der Waals surface area contributed by atoms with Crippen LogP contribution in [0.25, 0.3) is 16.9 Å². The number of halogens is 2. The number of carbonyl (C=O) groups excluding carboxylic acids is 1. The quantitative estimate of drug-likeness (QED) is 0.448. The second kappa shape index (κ2) is 9.25. The lowest BCUT2D eigenvalue weighted by molar-refractivity contribution is 0.102. The standard InChI is InChI=1S/C23H24F2N6O/c1-15(25)4-6-17-7-5-16(8-9-24)12-18(17)21-20(14-30(2)29-21)28-23(32)19-13-27-31-11-3-10-26-22(19)31/h3,5,7,10-15H,4,6,8-9H2,1-2H3,(H,28,32). The minimum absolute atomic E-state index is 0.273. The second-order valence-electron chi connectivity index (χ2n) is 7.72. The maximum atomic E-state index is 13.5. The number of anilines is 1. The third-order valence-corrected chi connectivity index (χ3v) is 5.22. The molecule has 3 aromatic heterocycles. The summed E-state index contributed by atoms with van der Waals surface area (Å²) in [6, 6.07) is 7.34. The van der Waals surface area contributed by atoms with Crippen LogP contribution in [0.5, 0.6) is 0 Å². The van der Waals surface area contributed by atoms with Crippen LogP contribution in [0.4, 0.5) is 14.5 Å². The molecule has 7 nitrogen and oxygen atoms in total. The number of hydrogen-bond acceptors (Lipinski definition) is 4. The summed E-state index contributed by atoms with van der Waals surface area (Å²) >= 11 is 0. The van der Waals surface area contributed by atoms with Gasteiger partial charge >= 0.3 is 0 Å². The summed E-state index contributed by atoms with van der Waals surface area (Å²) in [4.78, 5) is 17.2. The number of hydrogen-bond donors (Lipinski definition) is 1. The average molecular weight is 438 g/mol. The second-order valence-corrected chi connectivity index (χ2v) is 7.72. The molecule has 3 heterocycles. The number of alkyl halides is 2. The highest BCUT2D eigenvalue weighted by atomic mass is 19.1. The zero-order valence-electron chi connectivity index (χ0n) is 17.9. The highest BCUT2D eigenvalue weighted by molar-refractivity contribution is 6.09. The Labute approximate surface area is 184 Å². The van der Waals surface area contributed by atoms with Crippen molar-refractivity contribution < 1.29 is 13.6 Å². The zero-order chi connectivity index (χ0) is 22.7. The zero-order valence-corrected chi connectivity index (χ0v) is 17.9. The largest absolute Gasteiger partial charge is 0.319 e. The van der Waals surface area contributed by atoms with Crippen molar-refractivity contribution in [2.75, 3.05) is 12.0 Å². The third kappa shape index (κ3) is 4.51. The van der Waals surface area contributed by atoms with Gasteiger partial charge in [0.15, 0.2) is 5.65 Å². The maximum Gasteiger partial charge on any atom is 0.261 e. The highest BCUT2D eigenvalue weighted by Gasteiger charge is 2.20. The van der Waals surface area contributed by atoms with Gasteiger partial charge in [-0.25, -0.2) is 13.9 Å². The van der Waals surface area contributed by atoms with E-state index in [1.54, 1.807) is 36.4 Å². The molecule has 0 aliphatic heterocycles. The van der Waals surface area contributed by atoms with Gasteiger partial charge in [-0.1, -0.05) is 12.1 Å². The number of aryl methyl sites for hydroxylation is 3. The van der Waals surface area contributed by atoms with Gasteiger partial charge in [-0.15, -0.1) is 0 Å². The van der Waals surface area contributed by atoms with Crippen LogP contribution in [-0.2, 0) is 19.9 Å². The van der Waals surface area contributed by atoms with E-state index >= 15 is 0 Å². The molecule has 166 valence electrons. The van der Waals surface area contributed by atoms with Crippen molar-refractivity contribution in [2.45, 2.75) is 32.4 Å². The van der Waals surface area contributed by atoms with Crippen LogP contribution in [0.15, 0.2) is 49.1 Å². The number of carbonyl (C=O) groups is 1. The van der Waals surface area contributed by atoms with E-state index in [4.69, 9.17) is 0 Å². The topological polar surface area (TPSA) is 77.1 Å². The first-order valence-electron chi connectivity index (χ1n) is 10.4. The molecule has 1 amide bonds. The summed E-state index contributed by atoms with van der Waals surface area (Å²) in [5, 5.41) is 11.6. The molecule has 0 bridgehead atoms. The van der Waals surface area contributed by atoms with Crippen molar-refractivity contribution in [3.8, 4) is 11.3 Å². The van der Waals surface area contributed by atoms with Gasteiger partial charge in [-0.05, 0) is 43.0 Å². The van der Waals surface area contributed by atoms with E-state index < -0.39 is 12.8 Å². The van der Waals surface area contributed by atoms with Crippen molar-refractivity contribution in [1.82, 2.24) is 24.4 Å². The summed E-state index contributed by atoms with van der Waals surface area (Å²) in [6.07, 6.45) is 6.66.